The number of aliphatic hydroxyl groups excluding tert-OH is 1. The molecule has 4 rings (SSSR count). The van der Waals surface area contributed by atoms with E-state index in [1.54, 1.807) is 43.0 Å². The fourth-order valence-electron chi connectivity index (χ4n) is 5.45. The van der Waals surface area contributed by atoms with Gasteiger partial charge in [0.25, 0.3) is 0 Å². The van der Waals surface area contributed by atoms with E-state index in [2.05, 4.69) is 5.32 Å². The van der Waals surface area contributed by atoms with Crippen LogP contribution in [0.3, 0.4) is 0 Å². The summed E-state index contributed by atoms with van der Waals surface area (Å²) in [4.78, 5) is 41.5. The monoisotopic (exact) mass is 466 g/mol. The zero-order valence-electron chi connectivity index (χ0n) is 17.5. The van der Waals surface area contributed by atoms with Crippen molar-refractivity contribution in [2.45, 2.75) is 55.2 Å². The molecule has 31 heavy (non-hydrogen) atoms. The molecule has 0 aliphatic carbocycles. The van der Waals surface area contributed by atoms with Crippen molar-refractivity contribution in [3.63, 3.8) is 0 Å². The predicted octanol–water partition coefficient (Wildman–Crippen LogP) is 2.70. The normalized spacial score (nSPS) is 32.1. The van der Waals surface area contributed by atoms with Crippen LogP contribution in [0.2, 0.25) is 5.02 Å². The number of likely N-dealkylation sites (tertiary alicyclic amines) is 1. The van der Waals surface area contributed by atoms with Gasteiger partial charge in [-0.2, -0.15) is 0 Å². The molecule has 3 fully saturated rings. The Bertz CT molecular complexity index is 877. The predicted molar refractivity (Wildman–Crippen MR) is 119 cm³/mol. The number of hydrogen-bond donors (Lipinski definition) is 2. The van der Waals surface area contributed by atoms with Crippen LogP contribution in [0.5, 0.6) is 0 Å². The smallest absolute Gasteiger partial charge is 0.310 e. The van der Waals surface area contributed by atoms with Crippen molar-refractivity contribution in [2.24, 2.45) is 11.8 Å². The van der Waals surface area contributed by atoms with E-state index in [0.29, 0.717) is 23.6 Å². The van der Waals surface area contributed by atoms with E-state index in [9.17, 15) is 19.5 Å². The number of halogens is 1. The molecule has 1 aromatic carbocycles. The highest BCUT2D eigenvalue weighted by atomic mass is 35.5. The number of ether oxygens (including phenoxy) is 1. The molecule has 9 heteroatoms. The van der Waals surface area contributed by atoms with Gasteiger partial charge in [0.1, 0.15) is 6.04 Å². The number of hydrogen-bond acceptors (Lipinski definition) is 6. The van der Waals surface area contributed by atoms with Crippen molar-refractivity contribution in [1.29, 1.82) is 0 Å². The van der Waals surface area contributed by atoms with Crippen LogP contribution in [0, 0.1) is 11.8 Å². The van der Waals surface area contributed by atoms with Crippen molar-refractivity contribution in [3.8, 4) is 0 Å². The molecule has 3 heterocycles. The zero-order valence-corrected chi connectivity index (χ0v) is 19.1. The van der Waals surface area contributed by atoms with Gasteiger partial charge in [0.05, 0.1) is 35.8 Å². The highest BCUT2D eigenvalue weighted by molar-refractivity contribution is 8.02. The lowest BCUT2D eigenvalue weighted by atomic mass is 9.71. The molecule has 2 bridgehead atoms. The van der Waals surface area contributed by atoms with Gasteiger partial charge in [0, 0.05) is 16.0 Å². The number of nitrogens with zero attached hydrogens (tertiary/aromatic N) is 1. The van der Waals surface area contributed by atoms with E-state index in [0.717, 1.165) is 6.42 Å². The summed E-state index contributed by atoms with van der Waals surface area (Å²) in [5.41, 5.74) is 0.582. The average Bonchev–Trinajstić information content (AvgIpc) is 3.39. The van der Waals surface area contributed by atoms with Crippen LogP contribution in [0.15, 0.2) is 24.3 Å². The van der Waals surface area contributed by atoms with Crippen LogP contribution in [-0.4, -0.2) is 63.1 Å². The second-order valence-corrected chi connectivity index (χ2v) is 10.3. The van der Waals surface area contributed by atoms with Crippen LogP contribution in [0.25, 0.3) is 0 Å². The Labute approximate surface area is 190 Å². The van der Waals surface area contributed by atoms with E-state index in [1.165, 1.54) is 4.90 Å². The van der Waals surface area contributed by atoms with E-state index < -0.39 is 28.7 Å². The van der Waals surface area contributed by atoms with E-state index in [1.807, 2.05) is 6.92 Å². The summed E-state index contributed by atoms with van der Waals surface area (Å²) in [6.45, 7) is 3.63. The topological polar surface area (TPSA) is 95.9 Å². The molecule has 2 N–H and O–H groups in total. The Balaban J connectivity index is 1.72. The summed E-state index contributed by atoms with van der Waals surface area (Å²) < 4.78 is 4.60. The molecule has 3 saturated heterocycles. The van der Waals surface area contributed by atoms with Gasteiger partial charge in [0.15, 0.2) is 0 Å². The number of anilines is 1. The zero-order chi connectivity index (χ0) is 22.3. The molecule has 168 valence electrons. The Hall–Kier alpha value is -1.77. The minimum atomic E-state index is -0.771. The van der Waals surface area contributed by atoms with Crippen molar-refractivity contribution in [1.82, 2.24) is 4.90 Å². The van der Waals surface area contributed by atoms with Crippen LogP contribution < -0.4 is 5.32 Å². The van der Waals surface area contributed by atoms with E-state index in [4.69, 9.17) is 16.3 Å². The fourth-order valence-corrected chi connectivity index (χ4v) is 7.77. The number of benzene rings is 1. The maximum absolute atomic E-state index is 13.7. The van der Waals surface area contributed by atoms with Gasteiger partial charge < -0.3 is 20.1 Å². The third-order valence-electron chi connectivity index (χ3n) is 6.73. The lowest BCUT2D eigenvalue weighted by Crippen LogP contribution is -2.54. The Morgan fingerprint density at radius 3 is 2.68 bits per heavy atom. The number of esters is 1. The largest absolute Gasteiger partial charge is 0.466 e. The molecular weight excluding hydrogens is 440 g/mol. The molecule has 3 aliphatic rings. The molecule has 0 saturated carbocycles. The minimum absolute atomic E-state index is 0.0322. The Kier molecular flexibility index (Phi) is 6.25. The molecule has 1 aromatic rings. The first-order chi connectivity index (χ1) is 14.9. The fraction of sp³-hybridized carbons (Fsp3) is 0.591. The summed E-state index contributed by atoms with van der Waals surface area (Å²) in [5, 5.41) is 13.4. The first-order valence-electron chi connectivity index (χ1n) is 10.7. The summed E-state index contributed by atoms with van der Waals surface area (Å²) in [5.74, 6) is -2.07. The van der Waals surface area contributed by atoms with Gasteiger partial charge in [-0.1, -0.05) is 18.5 Å². The van der Waals surface area contributed by atoms with Gasteiger partial charge in [-0.05, 0) is 50.5 Å². The number of carbonyl (C=O) groups excluding carboxylic acids is 3. The first-order valence-corrected chi connectivity index (χ1v) is 12.0. The third-order valence-corrected chi connectivity index (χ3v) is 8.94. The van der Waals surface area contributed by atoms with Crippen molar-refractivity contribution in [2.75, 3.05) is 18.5 Å². The van der Waals surface area contributed by atoms with Gasteiger partial charge in [0.2, 0.25) is 11.8 Å². The van der Waals surface area contributed by atoms with Crippen molar-refractivity contribution in [3.05, 3.63) is 29.3 Å². The van der Waals surface area contributed by atoms with Crippen LogP contribution in [0.1, 0.15) is 33.1 Å². The molecular formula is C22H27ClN2O5S. The van der Waals surface area contributed by atoms with Crippen molar-refractivity contribution >= 4 is 46.8 Å². The average molecular weight is 467 g/mol. The second-order valence-electron chi connectivity index (χ2n) is 8.29. The van der Waals surface area contributed by atoms with E-state index >= 15 is 0 Å². The van der Waals surface area contributed by atoms with Gasteiger partial charge in [-0.15, -0.1) is 11.8 Å². The first kappa shape index (κ1) is 22.4. The summed E-state index contributed by atoms with van der Waals surface area (Å²) in [6, 6.07) is 5.53. The van der Waals surface area contributed by atoms with Crippen LogP contribution >= 0.6 is 23.4 Å². The maximum Gasteiger partial charge on any atom is 0.310 e. The summed E-state index contributed by atoms with van der Waals surface area (Å²) in [6.07, 6.45) is 1.94. The molecule has 3 aliphatic heterocycles. The standard InChI is InChI=1S/C22H27ClN2O5S/c1-3-14(11-26)25-18(19(27)24-13-7-5-12(23)6-8-13)22-10-9-15(31-22)16(17(22)20(25)28)21(29)30-4-2/h5-8,14-18,26H,3-4,9-11H2,1-2H3,(H,24,27)/t14-,15+,16-,17-,18?,22?/m0/s1. The quantitative estimate of drug-likeness (QED) is 0.600. The van der Waals surface area contributed by atoms with Gasteiger partial charge in [-0.3, -0.25) is 14.4 Å². The molecule has 0 aromatic heterocycles. The molecule has 7 nitrogen and oxygen atoms in total. The van der Waals surface area contributed by atoms with Crippen LogP contribution in [0.4, 0.5) is 5.69 Å². The number of thioether (sulfide) groups is 1. The van der Waals surface area contributed by atoms with Gasteiger partial charge in [-0.25, -0.2) is 0 Å². The molecule has 6 atom stereocenters. The lowest BCUT2D eigenvalue weighted by Gasteiger charge is -2.36. The number of nitrogens with one attached hydrogen (secondary N) is 1. The molecule has 2 unspecified atom stereocenters. The number of fused-ring (bicyclic) bond motifs is 1. The molecule has 1 spiro atoms. The van der Waals surface area contributed by atoms with Gasteiger partial charge >= 0.3 is 5.97 Å². The molecule has 2 amide bonds. The number of rotatable bonds is 7. The minimum Gasteiger partial charge on any atom is -0.466 e. The number of amides is 2. The summed E-state index contributed by atoms with van der Waals surface area (Å²) in [7, 11) is 0. The Morgan fingerprint density at radius 1 is 1.35 bits per heavy atom. The second kappa shape index (κ2) is 8.64. The van der Waals surface area contributed by atoms with Crippen LogP contribution in [-0.2, 0) is 19.1 Å². The lowest BCUT2D eigenvalue weighted by molar-refractivity contribution is -0.154. The molecule has 0 radical (unpaired) electrons. The third kappa shape index (κ3) is 3.52. The highest BCUT2D eigenvalue weighted by Gasteiger charge is 2.74. The van der Waals surface area contributed by atoms with E-state index in [-0.39, 0.29) is 36.2 Å². The number of aliphatic hydroxyl groups is 1. The Morgan fingerprint density at radius 2 is 2.06 bits per heavy atom. The summed E-state index contributed by atoms with van der Waals surface area (Å²) >= 11 is 7.53. The SMILES string of the molecule is CCOC(=O)[C@@H]1[C@H]2C(=O)N([C@@H](CC)CO)C(C(=O)Nc3ccc(Cl)cc3)C23CC[C@H]1S3. The maximum atomic E-state index is 13.7. The van der Waals surface area contributed by atoms with Crippen molar-refractivity contribution < 1.29 is 24.2 Å². The highest BCUT2D eigenvalue weighted by Crippen LogP contribution is 2.66. The number of carbonyl (C=O) groups is 3.